The van der Waals surface area contributed by atoms with Crippen LogP contribution >= 0.6 is 24.0 Å². The predicted octanol–water partition coefficient (Wildman–Crippen LogP) is 3.95. The van der Waals surface area contributed by atoms with Gasteiger partial charge in [-0.15, -0.1) is 24.0 Å². The van der Waals surface area contributed by atoms with Crippen molar-refractivity contribution in [1.82, 2.24) is 15.5 Å². The van der Waals surface area contributed by atoms with Crippen molar-refractivity contribution in [2.45, 2.75) is 32.0 Å². The molecule has 0 aliphatic heterocycles. The lowest BCUT2D eigenvalue weighted by Crippen LogP contribution is -2.43. The molecular formula is C19H29F4IN4O. The number of ether oxygens (including phenoxy) is 1. The van der Waals surface area contributed by atoms with Gasteiger partial charge in [0, 0.05) is 20.1 Å². The largest absolute Gasteiger partial charge is 0.490 e. The molecule has 1 atom stereocenters. The van der Waals surface area contributed by atoms with Gasteiger partial charge in [0.1, 0.15) is 0 Å². The second-order valence-corrected chi connectivity index (χ2v) is 7.16. The molecule has 2 N–H and O–H groups in total. The lowest BCUT2D eigenvalue weighted by molar-refractivity contribution is -0.142. The Morgan fingerprint density at radius 3 is 2.59 bits per heavy atom. The maximum absolute atomic E-state index is 14.2. The number of nitrogens with one attached hydrogen (secondary N) is 2. The highest BCUT2D eigenvalue weighted by atomic mass is 127. The van der Waals surface area contributed by atoms with Crippen LogP contribution < -0.4 is 15.4 Å². The van der Waals surface area contributed by atoms with Gasteiger partial charge in [-0.3, -0.25) is 9.89 Å². The third kappa shape index (κ3) is 9.83. The number of hydrogen-bond donors (Lipinski definition) is 2. The summed E-state index contributed by atoms with van der Waals surface area (Å²) in [5.74, 6) is 0.813. The van der Waals surface area contributed by atoms with E-state index in [1.54, 1.807) is 19.2 Å². The van der Waals surface area contributed by atoms with E-state index in [1.165, 1.54) is 18.0 Å². The third-order valence-electron chi connectivity index (χ3n) is 4.44. The van der Waals surface area contributed by atoms with Crippen molar-refractivity contribution in [3.8, 4) is 5.75 Å². The second kappa shape index (κ2) is 11.8. The Bertz CT molecular complexity index is 668. The first-order chi connectivity index (χ1) is 13.2. The highest BCUT2D eigenvalue weighted by Gasteiger charge is 2.28. The number of aliphatic imine (C=N–C) groups is 1. The van der Waals surface area contributed by atoms with Gasteiger partial charge >= 0.3 is 6.18 Å². The summed E-state index contributed by atoms with van der Waals surface area (Å²) in [6.07, 6.45) is -1.95. The lowest BCUT2D eigenvalue weighted by atomic mass is 10.1. The van der Waals surface area contributed by atoms with Crippen LogP contribution in [0.1, 0.15) is 31.4 Å². The lowest BCUT2D eigenvalue weighted by Gasteiger charge is -2.21. The Kier molecular flexibility index (Phi) is 10.4. The van der Waals surface area contributed by atoms with Gasteiger partial charge in [-0.25, -0.2) is 4.39 Å². The van der Waals surface area contributed by atoms with Crippen LogP contribution in [0.5, 0.6) is 5.75 Å². The minimum absolute atomic E-state index is 0. The first kappa shape index (κ1) is 25.7. The van der Waals surface area contributed by atoms with Crippen LogP contribution in [0.25, 0.3) is 0 Å². The highest BCUT2D eigenvalue weighted by molar-refractivity contribution is 14.0. The Labute approximate surface area is 186 Å². The number of alkyl halides is 3. The second-order valence-electron chi connectivity index (χ2n) is 7.16. The van der Waals surface area contributed by atoms with Gasteiger partial charge in [-0.2, -0.15) is 13.2 Å². The van der Waals surface area contributed by atoms with Gasteiger partial charge < -0.3 is 15.4 Å². The van der Waals surface area contributed by atoms with Crippen molar-refractivity contribution in [3.05, 3.63) is 29.6 Å². The number of nitrogens with zero attached hydrogens (tertiary/aromatic N) is 2. The van der Waals surface area contributed by atoms with E-state index in [0.29, 0.717) is 30.6 Å². The normalized spacial score (nSPS) is 15.7. The standard InChI is InChI=1S/C19H28F4N4O.HI/c1-13(15-6-7-17(16(20)10-15)28-11-14-4-5-14)26-18(24-2)25-8-9-27(3)12-19(21,22)23;/h6-7,10,13-14H,4-5,8-9,11-12H2,1-3H3,(H2,24,25,26);1H. The topological polar surface area (TPSA) is 48.9 Å². The molecule has 1 aliphatic rings. The van der Waals surface area contributed by atoms with Gasteiger partial charge in [-0.05, 0) is 50.4 Å². The van der Waals surface area contributed by atoms with Gasteiger partial charge in [0.2, 0.25) is 0 Å². The Morgan fingerprint density at radius 2 is 2.03 bits per heavy atom. The average molecular weight is 532 g/mol. The molecule has 166 valence electrons. The molecule has 1 aromatic rings. The SMILES string of the molecule is CN=C(NCCN(C)CC(F)(F)F)NC(C)c1ccc(OCC2CC2)c(F)c1.I. The molecular weight excluding hydrogens is 503 g/mol. The molecule has 0 saturated heterocycles. The van der Waals surface area contributed by atoms with E-state index in [0.717, 1.165) is 12.8 Å². The first-order valence-corrected chi connectivity index (χ1v) is 9.32. The quantitative estimate of drug-likeness (QED) is 0.219. The highest BCUT2D eigenvalue weighted by Crippen LogP contribution is 2.30. The van der Waals surface area contributed by atoms with Crippen LogP contribution in [0.4, 0.5) is 17.6 Å². The number of benzene rings is 1. The Balaban J connectivity index is 0.00000420. The number of guanidine groups is 1. The molecule has 0 amide bonds. The fourth-order valence-electron chi connectivity index (χ4n) is 2.63. The summed E-state index contributed by atoms with van der Waals surface area (Å²) in [5, 5.41) is 6.07. The zero-order valence-electron chi connectivity index (χ0n) is 16.9. The molecule has 0 radical (unpaired) electrons. The monoisotopic (exact) mass is 532 g/mol. The summed E-state index contributed by atoms with van der Waals surface area (Å²) in [6.45, 7) is 1.93. The van der Waals surface area contributed by atoms with E-state index in [4.69, 9.17) is 4.74 Å². The summed E-state index contributed by atoms with van der Waals surface area (Å²) in [4.78, 5) is 5.24. The molecule has 1 fully saturated rings. The minimum atomic E-state index is -4.22. The summed E-state index contributed by atoms with van der Waals surface area (Å²) in [6, 6.07) is 4.58. The van der Waals surface area contributed by atoms with Gasteiger partial charge in [0.15, 0.2) is 17.5 Å². The van der Waals surface area contributed by atoms with Crippen molar-refractivity contribution in [3.63, 3.8) is 0 Å². The molecule has 10 heteroatoms. The molecule has 1 aliphatic carbocycles. The van der Waals surface area contributed by atoms with Crippen molar-refractivity contribution in [2.75, 3.05) is 40.3 Å². The van der Waals surface area contributed by atoms with E-state index in [1.807, 2.05) is 6.92 Å². The maximum atomic E-state index is 14.2. The predicted molar refractivity (Wildman–Crippen MR) is 116 cm³/mol. The number of halogens is 5. The van der Waals surface area contributed by atoms with Crippen molar-refractivity contribution in [1.29, 1.82) is 0 Å². The molecule has 5 nitrogen and oxygen atoms in total. The summed E-state index contributed by atoms with van der Waals surface area (Å²) >= 11 is 0. The van der Waals surface area contributed by atoms with Gasteiger partial charge in [0.25, 0.3) is 0 Å². The van der Waals surface area contributed by atoms with Gasteiger partial charge in [-0.1, -0.05) is 6.07 Å². The van der Waals surface area contributed by atoms with Crippen molar-refractivity contribution in [2.24, 2.45) is 10.9 Å². The zero-order chi connectivity index (χ0) is 20.7. The smallest absolute Gasteiger partial charge is 0.401 e. The fourth-order valence-corrected chi connectivity index (χ4v) is 2.63. The van der Waals surface area contributed by atoms with Crippen LogP contribution in [0.15, 0.2) is 23.2 Å². The van der Waals surface area contributed by atoms with E-state index in [-0.39, 0.29) is 42.3 Å². The van der Waals surface area contributed by atoms with Crippen LogP contribution in [0.3, 0.4) is 0 Å². The molecule has 1 saturated carbocycles. The molecule has 0 aromatic heterocycles. The molecule has 2 rings (SSSR count). The zero-order valence-corrected chi connectivity index (χ0v) is 19.2. The van der Waals surface area contributed by atoms with Crippen LogP contribution in [0, 0.1) is 11.7 Å². The van der Waals surface area contributed by atoms with Crippen LogP contribution in [-0.4, -0.2) is 57.4 Å². The molecule has 29 heavy (non-hydrogen) atoms. The Morgan fingerprint density at radius 1 is 1.34 bits per heavy atom. The van der Waals surface area contributed by atoms with Crippen LogP contribution in [0.2, 0.25) is 0 Å². The summed E-state index contributed by atoms with van der Waals surface area (Å²) in [5.41, 5.74) is 0.716. The van der Waals surface area contributed by atoms with E-state index < -0.39 is 18.5 Å². The van der Waals surface area contributed by atoms with Crippen LogP contribution in [-0.2, 0) is 0 Å². The van der Waals surface area contributed by atoms with E-state index in [9.17, 15) is 17.6 Å². The fraction of sp³-hybridized carbons (Fsp3) is 0.632. The van der Waals surface area contributed by atoms with E-state index in [2.05, 4.69) is 15.6 Å². The number of likely N-dealkylation sites (N-methyl/N-ethyl adjacent to an activating group) is 1. The van der Waals surface area contributed by atoms with E-state index >= 15 is 0 Å². The third-order valence-corrected chi connectivity index (χ3v) is 4.44. The number of hydrogen-bond acceptors (Lipinski definition) is 3. The summed E-state index contributed by atoms with van der Waals surface area (Å²) < 4.78 is 56.7. The first-order valence-electron chi connectivity index (χ1n) is 9.32. The van der Waals surface area contributed by atoms with Gasteiger partial charge in [0.05, 0.1) is 19.2 Å². The average Bonchev–Trinajstić information content (AvgIpc) is 3.42. The molecule has 1 aromatic carbocycles. The molecule has 0 heterocycles. The van der Waals surface area contributed by atoms with Crippen molar-refractivity contribution < 1.29 is 22.3 Å². The van der Waals surface area contributed by atoms with Crippen molar-refractivity contribution >= 4 is 29.9 Å². The minimum Gasteiger partial charge on any atom is -0.490 e. The summed E-state index contributed by atoms with van der Waals surface area (Å²) in [7, 11) is 2.97. The maximum Gasteiger partial charge on any atom is 0.401 e. The molecule has 1 unspecified atom stereocenters. The molecule has 0 bridgehead atoms. The number of rotatable bonds is 9. The molecule has 0 spiro atoms. The Hall–Kier alpha value is -1.30.